The highest BCUT2D eigenvalue weighted by atomic mass is 16.2. The molecule has 1 atom stereocenters. The zero-order valence-electron chi connectivity index (χ0n) is 13.9. The van der Waals surface area contributed by atoms with E-state index in [-0.39, 0.29) is 17.6 Å². The standard InChI is InChI=1S/C17H22N6O/c1-3-4-6-17(20-21-17)7-5-16(24)22-10-11-23(14(2)13-22)15-12-18-8-9-19-15/h1,8-9,12,14H,4-7,10-11,13H2,2H3. The van der Waals surface area contributed by atoms with Gasteiger partial charge in [-0.25, -0.2) is 4.98 Å². The first-order chi connectivity index (χ1) is 11.6. The van der Waals surface area contributed by atoms with Crippen molar-refractivity contribution in [2.45, 2.75) is 44.3 Å². The number of hydrogen-bond donors (Lipinski definition) is 0. The highest BCUT2D eigenvalue weighted by molar-refractivity contribution is 5.76. The van der Waals surface area contributed by atoms with Gasteiger partial charge in [0.25, 0.3) is 0 Å². The number of nitrogens with zero attached hydrogens (tertiary/aromatic N) is 6. The van der Waals surface area contributed by atoms with E-state index < -0.39 is 0 Å². The van der Waals surface area contributed by atoms with Gasteiger partial charge in [-0.3, -0.25) is 9.78 Å². The van der Waals surface area contributed by atoms with Gasteiger partial charge in [-0.1, -0.05) is 0 Å². The number of piperazine rings is 1. The number of anilines is 1. The van der Waals surface area contributed by atoms with E-state index in [1.54, 1.807) is 18.6 Å². The molecule has 0 N–H and O–H groups in total. The summed E-state index contributed by atoms with van der Waals surface area (Å²) in [6.45, 7) is 4.27. The molecule has 2 aliphatic rings. The Kier molecular flexibility index (Phi) is 4.74. The molecule has 2 aliphatic heterocycles. The maximum Gasteiger partial charge on any atom is 0.222 e. The van der Waals surface area contributed by atoms with E-state index in [9.17, 15) is 4.79 Å². The van der Waals surface area contributed by atoms with Crippen LogP contribution in [0.15, 0.2) is 28.8 Å². The number of hydrogen-bond acceptors (Lipinski definition) is 6. The number of terminal acetylenes is 1. The van der Waals surface area contributed by atoms with Crippen LogP contribution in [0, 0.1) is 12.3 Å². The van der Waals surface area contributed by atoms with Crippen molar-refractivity contribution in [3.05, 3.63) is 18.6 Å². The van der Waals surface area contributed by atoms with Crippen molar-refractivity contribution in [3.8, 4) is 12.3 Å². The molecule has 7 nitrogen and oxygen atoms in total. The van der Waals surface area contributed by atoms with Crippen LogP contribution in [0.4, 0.5) is 5.82 Å². The molecule has 1 fully saturated rings. The van der Waals surface area contributed by atoms with Crippen LogP contribution in [0.25, 0.3) is 0 Å². The van der Waals surface area contributed by atoms with E-state index in [4.69, 9.17) is 6.42 Å². The maximum atomic E-state index is 12.5. The van der Waals surface area contributed by atoms with Gasteiger partial charge >= 0.3 is 0 Å². The first-order valence-corrected chi connectivity index (χ1v) is 8.31. The second-order valence-corrected chi connectivity index (χ2v) is 6.33. The minimum atomic E-state index is -0.380. The molecule has 0 saturated carbocycles. The maximum absolute atomic E-state index is 12.5. The molecule has 0 aromatic carbocycles. The van der Waals surface area contributed by atoms with Crippen LogP contribution >= 0.6 is 0 Å². The monoisotopic (exact) mass is 326 g/mol. The Morgan fingerprint density at radius 1 is 1.38 bits per heavy atom. The lowest BCUT2D eigenvalue weighted by molar-refractivity contribution is -0.132. The van der Waals surface area contributed by atoms with Crippen LogP contribution in [0.3, 0.4) is 0 Å². The van der Waals surface area contributed by atoms with Gasteiger partial charge in [0.1, 0.15) is 5.82 Å². The van der Waals surface area contributed by atoms with Crippen molar-refractivity contribution < 1.29 is 4.79 Å². The summed E-state index contributed by atoms with van der Waals surface area (Å²) < 4.78 is 0. The molecular weight excluding hydrogens is 304 g/mol. The molecule has 1 aromatic heterocycles. The fraction of sp³-hybridized carbons (Fsp3) is 0.588. The topological polar surface area (TPSA) is 74.1 Å². The van der Waals surface area contributed by atoms with Gasteiger partial charge in [-0.15, -0.1) is 12.3 Å². The summed E-state index contributed by atoms with van der Waals surface area (Å²) in [5.74, 6) is 3.64. The molecule has 7 heteroatoms. The second-order valence-electron chi connectivity index (χ2n) is 6.33. The molecule has 1 saturated heterocycles. The van der Waals surface area contributed by atoms with Crippen molar-refractivity contribution >= 4 is 11.7 Å². The van der Waals surface area contributed by atoms with Crippen molar-refractivity contribution in [3.63, 3.8) is 0 Å². The highest BCUT2D eigenvalue weighted by Gasteiger charge is 2.40. The van der Waals surface area contributed by atoms with E-state index in [1.807, 2.05) is 4.90 Å². The zero-order valence-corrected chi connectivity index (χ0v) is 13.9. The van der Waals surface area contributed by atoms with Crippen LogP contribution < -0.4 is 4.90 Å². The average Bonchev–Trinajstić information content (AvgIpc) is 3.39. The van der Waals surface area contributed by atoms with Crippen LogP contribution in [0.2, 0.25) is 0 Å². The molecule has 1 amide bonds. The zero-order chi connectivity index (χ0) is 17.0. The number of amides is 1. The van der Waals surface area contributed by atoms with Crippen LogP contribution in [-0.4, -0.2) is 52.1 Å². The van der Waals surface area contributed by atoms with Crippen molar-refractivity contribution in [1.29, 1.82) is 0 Å². The molecule has 0 bridgehead atoms. The normalized spacial score (nSPS) is 21.4. The lowest BCUT2D eigenvalue weighted by atomic mass is 10.0. The third-order valence-corrected chi connectivity index (χ3v) is 4.62. The molecule has 1 unspecified atom stereocenters. The van der Waals surface area contributed by atoms with E-state index in [0.717, 1.165) is 18.8 Å². The largest absolute Gasteiger partial charge is 0.349 e. The molecule has 3 heterocycles. The minimum absolute atomic E-state index is 0.165. The van der Waals surface area contributed by atoms with Gasteiger partial charge in [0, 0.05) is 63.8 Å². The van der Waals surface area contributed by atoms with Gasteiger partial charge < -0.3 is 9.80 Å². The smallest absolute Gasteiger partial charge is 0.222 e. The molecule has 24 heavy (non-hydrogen) atoms. The fourth-order valence-corrected chi connectivity index (χ4v) is 3.10. The van der Waals surface area contributed by atoms with Crippen LogP contribution in [-0.2, 0) is 4.79 Å². The summed E-state index contributed by atoms with van der Waals surface area (Å²) in [6, 6.07) is 0.213. The Balaban J connectivity index is 1.49. The fourth-order valence-electron chi connectivity index (χ4n) is 3.10. The molecule has 3 rings (SSSR count). The van der Waals surface area contributed by atoms with E-state index in [0.29, 0.717) is 32.4 Å². The van der Waals surface area contributed by atoms with Crippen molar-refractivity contribution in [2.24, 2.45) is 10.2 Å². The van der Waals surface area contributed by atoms with E-state index in [2.05, 4.69) is 37.9 Å². The predicted molar refractivity (Wildman–Crippen MR) is 90.3 cm³/mol. The van der Waals surface area contributed by atoms with Gasteiger partial charge in [-0.05, 0) is 6.92 Å². The minimum Gasteiger partial charge on any atom is -0.349 e. The quantitative estimate of drug-likeness (QED) is 0.748. The highest BCUT2D eigenvalue weighted by Crippen LogP contribution is 2.37. The Morgan fingerprint density at radius 3 is 2.83 bits per heavy atom. The average molecular weight is 326 g/mol. The Bertz CT molecular complexity index is 647. The van der Waals surface area contributed by atoms with E-state index >= 15 is 0 Å². The first kappa shape index (κ1) is 16.4. The molecule has 0 radical (unpaired) electrons. The Labute approximate surface area is 142 Å². The molecule has 1 aromatic rings. The number of rotatable bonds is 6. The number of carbonyl (C=O) groups excluding carboxylic acids is 1. The van der Waals surface area contributed by atoms with Gasteiger partial charge in [0.05, 0.1) is 6.20 Å². The number of aromatic nitrogens is 2. The number of carbonyl (C=O) groups is 1. The summed E-state index contributed by atoms with van der Waals surface area (Å²) >= 11 is 0. The summed E-state index contributed by atoms with van der Waals surface area (Å²) in [5.41, 5.74) is -0.380. The third kappa shape index (κ3) is 3.70. The van der Waals surface area contributed by atoms with E-state index in [1.165, 1.54) is 0 Å². The lowest BCUT2D eigenvalue weighted by Crippen LogP contribution is -2.54. The van der Waals surface area contributed by atoms with Crippen molar-refractivity contribution in [1.82, 2.24) is 14.9 Å². The molecule has 126 valence electrons. The van der Waals surface area contributed by atoms with Gasteiger partial charge in [0.15, 0.2) is 5.66 Å². The predicted octanol–water partition coefficient (Wildman–Crippen LogP) is 1.87. The summed E-state index contributed by atoms with van der Waals surface area (Å²) in [5, 5.41) is 8.18. The molecule has 0 spiro atoms. The van der Waals surface area contributed by atoms with Crippen molar-refractivity contribution in [2.75, 3.05) is 24.5 Å². The Morgan fingerprint density at radius 2 is 2.21 bits per heavy atom. The van der Waals surface area contributed by atoms with Crippen LogP contribution in [0.1, 0.15) is 32.6 Å². The molecule has 0 aliphatic carbocycles. The third-order valence-electron chi connectivity index (χ3n) is 4.62. The summed E-state index contributed by atoms with van der Waals surface area (Å²) in [7, 11) is 0. The summed E-state index contributed by atoms with van der Waals surface area (Å²) in [4.78, 5) is 25.1. The SMILES string of the molecule is C#CCCC1(CCC(=O)N2CCN(c3cnccn3)C(C)C2)N=N1. The molecular formula is C17H22N6O. The first-order valence-electron chi connectivity index (χ1n) is 8.31. The van der Waals surface area contributed by atoms with Gasteiger partial charge in [0.2, 0.25) is 5.91 Å². The second kappa shape index (κ2) is 6.95. The van der Waals surface area contributed by atoms with Crippen LogP contribution in [0.5, 0.6) is 0 Å². The van der Waals surface area contributed by atoms with Gasteiger partial charge in [-0.2, -0.15) is 10.2 Å². The lowest BCUT2D eigenvalue weighted by Gasteiger charge is -2.40. The Hall–Kier alpha value is -2.49. The summed E-state index contributed by atoms with van der Waals surface area (Å²) in [6.07, 6.45) is 12.9.